The lowest BCUT2D eigenvalue weighted by Crippen LogP contribution is -2.27. The summed E-state index contributed by atoms with van der Waals surface area (Å²) >= 11 is 0. The van der Waals surface area contributed by atoms with Gasteiger partial charge in [-0.15, -0.1) is 0 Å². The lowest BCUT2D eigenvalue weighted by atomic mass is 9.97. The fraction of sp³-hybridized carbons (Fsp3) is 0.250. The van der Waals surface area contributed by atoms with Crippen LogP contribution in [0.3, 0.4) is 0 Å². The summed E-state index contributed by atoms with van der Waals surface area (Å²) < 4.78 is 0. The highest BCUT2D eigenvalue weighted by molar-refractivity contribution is 5.65. The molecule has 3 heterocycles. The van der Waals surface area contributed by atoms with E-state index in [2.05, 4.69) is 15.6 Å². The molecular formula is C20H21N5. The van der Waals surface area contributed by atoms with Crippen molar-refractivity contribution in [2.24, 2.45) is 0 Å². The number of anilines is 2. The van der Waals surface area contributed by atoms with Crippen molar-refractivity contribution >= 4 is 11.5 Å². The van der Waals surface area contributed by atoms with Crippen molar-refractivity contribution in [3.05, 3.63) is 66.7 Å². The Hall–Kier alpha value is -2.79. The number of benzene rings is 1. The highest BCUT2D eigenvalue weighted by atomic mass is 15.0. The second kappa shape index (κ2) is 7.40. The van der Waals surface area contributed by atoms with Crippen molar-refractivity contribution in [3.8, 4) is 11.3 Å². The quantitative estimate of drug-likeness (QED) is 0.762. The molecule has 1 aromatic carbocycles. The van der Waals surface area contributed by atoms with Gasteiger partial charge < -0.3 is 10.6 Å². The largest absolute Gasteiger partial charge is 0.340 e. The van der Waals surface area contributed by atoms with Gasteiger partial charge in [0.25, 0.3) is 0 Å². The third-order valence-corrected chi connectivity index (χ3v) is 4.47. The predicted molar refractivity (Wildman–Crippen MR) is 99.8 cm³/mol. The number of pyridine rings is 1. The van der Waals surface area contributed by atoms with Gasteiger partial charge in [-0.1, -0.05) is 18.2 Å². The van der Waals surface area contributed by atoms with Crippen LogP contribution >= 0.6 is 0 Å². The Morgan fingerprint density at radius 3 is 2.44 bits per heavy atom. The molecular weight excluding hydrogens is 310 g/mol. The van der Waals surface area contributed by atoms with Crippen molar-refractivity contribution in [2.75, 3.05) is 18.4 Å². The lowest BCUT2D eigenvalue weighted by Gasteiger charge is -2.22. The minimum Gasteiger partial charge on any atom is -0.340 e. The summed E-state index contributed by atoms with van der Waals surface area (Å²) in [6.07, 6.45) is 5.74. The van der Waals surface area contributed by atoms with Crippen LogP contribution in [0.4, 0.5) is 11.5 Å². The summed E-state index contributed by atoms with van der Waals surface area (Å²) in [7, 11) is 0. The van der Waals surface area contributed by atoms with E-state index in [1.54, 1.807) is 12.4 Å². The average molecular weight is 331 g/mol. The molecule has 1 fully saturated rings. The lowest BCUT2D eigenvalue weighted by molar-refractivity contribution is 0.445. The minimum absolute atomic E-state index is 0.402. The van der Waals surface area contributed by atoms with E-state index in [4.69, 9.17) is 9.97 Å². The summed E-state index contributed by atoms with van der Waals surface area (Å²) in [6.45, 7) is 2.05. The maximum Gasteiger partial charge on any atom is 0.134 e. The normalized spacial score (nSPS) is 15.0. The number of piperidine rings is 1. The fourth-order valence-electron chi connectivity index (χ4n) is 3.13. The molecule has 0 radical (unpaired) electrons. The molecule has 0 aliphatic carbocycles. The standard InChI is InChI=1S/C20H21N5/c1-2-4-17(5-3-1)23-19-14-18(15-6-10-21-11-7-15)24-20(25-19)16-8-12-22-13-9-16/h1-7,10-11,14,16,22H,8-9,12-13H2,(H,23,24,25). The molecule has 0 atom stereocenters. The number of hydrogen-bond acceptors (Lipinski definition) is 5. The molecule has 2 aromatic heterocycles. The smallest absolute Gasteiger partial charge is 0.134 e. The molecule has 0 spiro atoms. The van der Waals surface area contributed by atoms with Gasteiger partial charge in [0, 0.05) is 35.6 Å². The van der Waals surface area contributed by atoms with Crippen LogP contribution in [0.15, 0.2) is 60.9 Å². The molecule has 1 aliphatic rings. The molecule has 25 heavy (non-hydrogen) atoms. The molecule has 0 amide bonds. The van der Waals surface area contributed by atoms with Gasteiger partial charge in [-0.2, -0.15) is 0 Å². The third-order valence-electron chi connectivity index (χ3n) is 4.47. The Balaban J connectivity index is 1.72. The molecule has 0 bridgehead atoms. The maximum atomic E-state index is 4.86. The van der Waals surface area contributed by atoms with Gasteiger partial charge in [0.15, 0.2) is 0 Å². The van der Waals surface area contributed by atoms with E-state index in [-0.39, 0.29) is 0 Å². The van der Waals surface area contributed by atoms with Gasteiger partial charge in [-0.25, -0.2) is 9.97 Å². The topological polar surface area (TPSA) is 62.7 Å². The number of hydrogen-bond donors (Lipinski definition) is 2. The van der Waals surface area contributed by atoms with Crippen LogP contribution in [0.2, 0.25) is 0 Å². The summed E-state index contributed by atoms with van der Waals surface area (Å²) in [6, 6.07) is 16.1. The average Bonchev–Trinajstić information content (AvgIpc) is 2.70. The summed E-state index contributed by atoms with van der Waals surface area (Å²) in [5.41, 5.74) is 3.02. The van der Waals surface area contributed by atoms with E-state index in [1.165, 1.54) is 0 Å². The van der Waals surface area contributed by atoms with Crippen LogP contribution in [-0.2, 0) is 0 Å². The Morgan fingerprint density at radius 2 is 1.68 bits per heavy atom. The third kappa shape index (κ3) is 3.83. The van der Waals surface area contributed by atoms with Gasteiger partial charge in [-0.3, -0.25) is 4.98 Å². The first-order valence-corrected chi connectivity index (χ1v) is 8.71. The molecule has 4 rings (SSSR count). The molecule has 2 N–H and O–H groups in total. The molecule has 0 saturated carbocycles. The second-order valence-corrected chi connectivity index (χ2v) is 6.25. The first-order valence-electron chi connectivity index (χ1n) is 8.71. The number of aromatic nitrogens is 3. The van der Waals surface area contributed by atoms with Crippen LogP contribution in [0.5, 0.6) is 0 Å². The summed E-state index contributed by atoms with van der Waals surface area (Å²) in [5.74, 6) is 2.16. The molecule has 5 heteroatoms. The van der Waals surface area contributed by atoms with Gasteiger partial charge in [0.2, 0.25) is 0 Å². The summed E-state index contributed by atoms with van der Waals surface area (Å²) in [4.78, 5) is 13.8. The maximum absolute atomic E-state index is 4.86. The zero-order valence-electron chi connectivity index (χ0n) is 14.0. The molecule has 5 nitrogen and oxygen atoms in total. The zero-order chi connectivity index (χ0) is 16.9. The van der Waals surface area contributed by atoms with E-state index in [0.717, 1.165) is 54.5 Å². The monoisotopic (exact) mass is 331 g/mol. The van der Waals surface area contributed by atoms with Crippen molar-refractivity contribution in [1.82, 2.24) is 20.3 Å². The minimum atomic E-state index is 0.402. The molecule has 3 aromatic rings. The van der Waals surface area contributed by atoms with E-state index in [0.29, 0.717) is 5.92 Å². The van der Waals surface area contributed by atoms with Crippen molar-refractivity contribution < 1.29 is 0 Å². The zero-order valence-corrected chi connectivity index (χ0v) is 14.0. The van der Waals surface area contributed by atoms with E-state index < -0.39 is 0 Å². The van der Waals surface area contributed by atoms with Gasteiger partial charge >= 0.3 is 0 Å². The van der Waals surface area contributed by atoms with Gasteiger partial charge in [0.1, 0.15) is 11.6 Å². The Bertz CT molecular complexity index is 814. The predicted octanol–water partition coefficient (Wildman–Crippen LogP) is 3.75. The molecule has 0 unspecified atom stereocenters. The van der Waals surface area contributed by atoms with E-state index in [1.807, 2.05) is 48.5 Å². The Morgan fingerprint density at radius 1 is 0.920 bits per heavy atom. The van der Waals surface area contributed by atoms with Crippen molar-refractivity contribution in [3.63, 3.8) is 0 Å². The molecule has 1 saturated heterocycles. The Labute approximate surface area is 147 Å². The fourth-order valence-corrected chi connectivity index (χ4v) is 3.13. The number of para-hydroxylation sites is 1. The van der Waals surface area contributed by atoms with E-state index in [9.17, 15) is 0 Å². The van der Waals surface area contributed by atoms with Crippen LogP contribution in [0.25, 0.3) is 11.3 Å². The molecule has 1 aliphatic heterocycles. The van der Waals surface area contributed by atoms with Crippen LogP contribution in [0.1, 0.15) is 24.6 Å². The number of rotatable bonds is 4. The molecule has 126 valence electrons. The van der Waals surface area contributed by atoms with Crippen molar-refractivity contribution in [1.29, 1.82) is 0 Å². The van der Waals surface area contributed by atoms with Crippen LogP contribution < -0.4 is 10.6 Å². The van der Waals surface area contributed by atoms with Crippen molar-refractivity contribution in [2.45, 2.75) is 18.8 Å². The van der Waals surface area contributed by atoms with Crippen LogP contribution in [-0.4, -0.2) is 28.0 Å². The van der Waals surface area contributed by atoms with Crippen LogP contribution in [0, 0.1) is 0 Å². The highest BCUT2D eigenvalue weighted by Crippen LogP contribution is 2.28. The van der Waals surface area contributed by atoms with Gasteiger partial charge in [0.05, 0.1) is 5.69 Å². The second-order valence-electron chi connectivity index (χ2n) is 6.25. The SMILES string of the molecule is c1ccc(Nc2cc(-c3ccncc3)nc(C3CCNCC3)n2)cc1. The summed E-state index contributed by atoms with van der Waals surface area (Å²) in [5, 5.41) is 6.82. The highest BCUT2D eigenvalue weighted by Gasteiger charge is 2.19. The number of nitrogens with one attached hydrogen (secondary N) is 2. The van der Waals surface area contributed by atoms with E-state index >= 15 is 0 Å². The Kier molecular flexibility index (Phi) is 4.65. The number of nitrogens with zero attached hydrogens (tertiary/aromatic N) is 3. The first-order chi connectivity index (χ1) is 12.4. The van der Waals surface area contributed by atoms with Gasteiger partial charge in [-0.05, 0) is 50.2 Å². The first kappa shape index (κ1) is 15.7.